The molecule has 2 aromatic carbocycles. The number of non-ortho nitro benzene ring substituents is 1. The maximum absolute atomic E-state index is 12.7. The highest BCUT2D eigenvalue weighted by atomic mass is 35.5. The van der Waals surface area contributed by atoms with Crippen molar-refractivity contribution in [2.75, 3.05) is 18.4 Å². The van der Waals surface area contributed by atoms with Crippen molar-refractivity contribution in [3.8, 4) is 0 Å². The quantitative estimate of drug-likeness (QED) is 0.414. The predicted octanol–water partition coefficient (Wildman–Crippen LogP) is 4.36. The molecule has 3 rings (SSSR count). The van der Waals surface area contributed by atoms with Gasteiger partial charge in [-0.15, -0.1) is 0 Å². The van der Waals surface area contributed by atoms with Crippen LogP contribution < -0.4 is 10.6 Å². The maximum atomic E-state index is 12.7. The third kappa shape index (κ3) is 5.65. The molecule has 1 aliphatic rings. The van der Waals surface area contributed by atoms with E-state index in [-0.39, 0.29) is 16.7 Å². The number of nitrogens with zero attached hydrogens (tertiary/aromatic N) is 2. The molecule has 29 heavy (non-hydrogen) atoms. The Balaban J connectivity index is 1.60. The van der Waals surface area contributed by atoms with Crippen LogP contribution in [-0.4, -0.2) is 33.9 Å². The van der Waals surface area contributed by atoms with Crippen LogP contribution in [0.5, 0.6) is 0 Å². The molecule has 2 aromatic rings. The largest absolute Gasteiger partial charge is 0.358 e. The highest BCUT2D eigenvalue weighted by molar-refractivity contribution is 7.80. The molecule has 0 atom stereocenters. The molecule has 7 nitrogen and oxygen atoms in total. The lowest BCUT2D eigenvalue weighted by molar-refractivity contribution is -0.384. The molecule has 9 heteroatoms. The summed E-state index contributed by atoms with van der Waals surface area (Å²) in [6.45, 7) is 2.01. The first-order valence-corrected chi connectivity index (χ1v) is 10.1. The second-order valence-corrected chi connectivity index (χ2v) is 7.60. The van der Waals surface area contributed by atoms with Crippen LogP contribution in [-0.2, 0) is 6.54 Å². The van der Waals surface area contributed by atoms with Gasteiger partial charge in [0.25, 0.3) is 11.6 Å². The lowest BCUT2D eigenvalue weighted by atomic mass is 10.1. The number of halogens is 1. The fourth-order valence-electron chi connectivity index (χ4n) is 3.17. The highest BCUT2D eigenvalue weighted by Gasteiger charge is 2.18. The van der Waals surface area contributed by atoms with Gasteiger partial charge in [0.05, 0.1) is 15.6 Å². The number of benzene rings is 2. The summed E-state index contributed by atoms with van der Waals surface area (Å²) in [5, 5.41) is 17.4. The number of anilines is 1. The minimum absolute atomic E-state index is 0.0515. The molecule has 1 amide bonds. The number of likely N-dealkylation sites (tertiary alicyclic amines) is 1. The summed E-state index contributed by atoms with van der Waals surface area (Å²) in [5.74, 6) is 0.0515. The molecule has 1 aliphatic heterocycles. The fraction of sp³-hybridized carbons (Fsp3) is 0.300. The van der Waals surface area contributed by atoms with Crippen LogP contribution in [0.3, 0.4) is 0 Å². The summed E-state index contributed by atoms with van der Waals surface area (Å²) in [6.07, 6.45) is 3.27. The number of carbonyl (C=O) groups is 1. The van der Waals surface area contributed by atoms with Gasteiger partial charge < -0.3 is 15.5 Å². The van der Waals surface area contributed by atoms with Crippen molar-refractivity contribution in [2.24, 2.45) is 0 Å². The van der Waals surface area contributed by atoms with Crippen LogP contribution >= 0.6 is 23.8 Å². The number of carbonyl (C=O) groups excluding carboxylic acids is 1. The van der Waals surface area contributed by atoms with Crippen molar-refractivity contribution in [3.05, 3.63) is 68.7 Å². The van der Waals surface area contributed by atoms with E-state index in [0.29, 0.717) is 22.8 Å². The van der Waals surface area contributed by atoms with Gasteiger partial charge >= 0.3 is 0 Å². The number of rotatable bonds is 5. The summed E-state index contributed by atoms with van der Waals surface area (Å²) in [7, 11) is 0. The number of amides is 1. The van der Waals surface area contributed by atoms with Gasteiger partial charge in [0.15, 0.2) is 5.11 Å². The Morgan fingerprint density at radius 1 is 1.17 bits per heavy atom. The van der Waals surface area contributed by atoms with Gasteiger partial charge in [-0.3, -0.25) is 14.9 Å². The molecular weight excluding hydrogens is 412 g/mol. The van der Waals surface area contributed by atoms with Gasteiger partial charge in [-0.1, -0.05) is 23.7 Å². The van der Waals surface area contributed by atoms with E-state index in [1.807, 2.05) is 29.2 Å². The van der Waals surface area contributed by atoms with Crippen molar-refractivity contribution in [2.45, 2.75) is 25.8 Å². The van der Waals surface area contributed by atoms with Crippen molar-refractivity contribution in [1.29, 1.82) is 0 Å². The molecule has 0 unspecified atom stereocenters. The zero-order chi connectivity index (χ0) is 20.8. The van der Waals surface area contributed by atoms with E-state index in [1.165, 1.54) is 24.6 Å². The van der Waals surface area contributed by atoms with E-state index in [0.717, 1.165) is 31.5 Å². The van der Waals surface area contributed by atoms with Crippen LogP contribution in [0.1, 0.15) is 35.2 Å². The second-order valence-electron chi connectivity index (χ2n) is 6.78. The monoisotopic (exact) mass is 432 g/mol. The van der Waals surface area contributed by atoms with E-state index >= 15 is 0 Å². The minimum Gasteiger partial charge on any atom is -0.358 e. The van der Waals surface area contributed by atoms with E-state index in [4.69, 9.17) is 23.8 Å². The minimum atomic E-state index is -0.497. The normalized spacial score (nSPS) is 13.6. The summed E-state index contributed by atoms with van der Waals surface area (Å²) >= 11 is 11.3. The first-order chi connectivity index (χ1) is 13.9. The Bertz CT molecular complexity index is 932. The molecule has 152 valence electrons. The van der Waals surface area contributed by atoms with Crippen LogP contribution in [0.2, 0.25) is 5.02 Å². The van der Waals surface area contributed by atoms with Gasteiger partial charge in [0.1, 0.15) is 0 Å². The first-order valence-electron chi connectivity index (χ1n) is 9.31. The molecule has 0 aliphatic carbocycles. The molecule has 2 N–H and O–H groups in total. The smallest absolute Gasteiger partial charge is 0.271 e. The zero-order valence-corrected chi connectivity index (χ0v) is 17.3. The third-order valence-electron chi connectivity index (χ3n) is 4.68. The number of nitro groups is 1. The number of piperidine rings is 1. The molecule has 0 spiro atoms. The van der Waals surface area contributed by atoms with Gasteiger partial charge in [-0.25, -0.2) is 0 Å². The number of nitro benzene ring substituents is 1. The predicted molar refractivity (Wildman–Crippen MR) is 117 cm³/mol. The molecule has 0 bridgehead atoms. The van der Waals surface area contributed by atoms with Gasteiger partial charge in [-0.05, 0) is 55.2 Å². The highest BCUT2D eigenvalue weighted by Crippen LogP contribution is 2.26. The van der Waals surface area contributed by atoms with E-state index in [9.17, 15) is 14.9 Å². The third-order valence-corrected chi connectivity index (χ3v) is 5.26. The number of hydrogen-bond donors (Lipinski definition) is 2. The molecular formula is C20H21ClN4O3S. The molecule has 1 saturated heterocycles. The van der Waals surface area contributed by atoms with E-state index < -0.39 is 4.92 Å². The molecule has 0 saturated carbocycles. The fourth-order valence-corrected chi connectivity index (χ4v) is 3.51. The number of nitrogens with one attached hydrogen (secondary N) is 2. The Labute approximate surface area is 179 Å². The molecule has 0 aromatic heterocycles. The van der Waals surface area contributed by atoms with Gasteiger partial charge in [0.2, 0.25) is 0 Å². The molecule has 0 radical (unpaired) electrons. The standard InChI is InChI=1S/C20H21ClN4O3S/c21-17-8-7-16(25(27)28)12-18(17)23-20(29)22-13-14-5-4-6-15(11-14)19(26)24-9-2-1-3-10-24/h4-8,11-12H,1-3,9-10,13H2,(H2,22,23,29). The summed E-state index contributed by atoms with van der Waals surface area (Å²) in [4.78, 5) is 25.0. The van der Waals surface area contributed by atoms with Gasteiger partial charge in [-0.2, -0.15) is 0 Å². The van der Waals surface area contributed by atoms with Crippen LogP contribution in [0, 0.1) is 10.1 Å². The molecule has 1 heterocycles. The molecule has 1 fully saturated rings. The lowest BCUT2D eigenvalue weighted by Crippen LogP contribution is -2.35. The van der Waals surface area contributed by atoms with Crippen LogP contribution in [0.25, 0.3) is 0 Å². The van der Waals surface area contributed by atoms with E-state index in [1.54, 1.807) is 0 Å². The summed E-state index contributed by atoms with van der Waals surface area (Å²) in [5.41, 5.74) is 1.84. The average molecular weight is 433 g/mol. The average Bonchev–Trinajstić information content (AvgIpc) is 2.74. The maximum Gasteiger partial charge on any atom is 0.271 e. The lowest BCUT2D eigenvalue weighted by Gasteiger charge is -2.26. The Kier molecular flexibility index (Phi) is 7.00. The van der Waals surface area contributed by atoms with Crippen molar-refractivity contribution in [1.82, 2.24) is 10.2 Å². The Morgan fingerprint density at radius 3 is 2.66 bits per heavy atom. The Hall–Kier alpha value is -2.71. The first kappa shape index (κ1) is 21.0. The van der Waals surface area contributed by atoms with Gasteiger partial charge in [0, 0.05) is 37.3 Å². The van der Waals surface area contributed by atoms with Crippen molar-refractivity contribution in [3.63, 3.8) is 0 Å². The SMILES string of the molecule is O=C(c1cccc(CNC(=S)Nc2cc([N+](=O)[O-])ccc2Cl)c1)N1CCCCC1. The van der Waals surface area contributed by atoms with Crippen molar-refractivity contribution >= 4 is 46.2 Å². The van der Waals surface area contributed by atoms with E-state index in [2.05, 4.69) is 10.6 Å². The zero-order valence-electron chi connectivity index (χ0n) is 15.7. The summed E-state index contributed by atoms with van der Waals surface area (Å²) in [6, 6.07) is 11.5. The van der Waals surface area contributed by atoms with Crippen LogP contribution in [0.4, 0.5) is 11.4 Å². The number of thiocarbonyl (C=S) groups is 1. The second kappa shape index (κ2) is 9.67. The summed E-state index contributed by atoms with van der Waals surface area (Å²) < 4.78 is 0. The number of hydrogen-bond acceptors (Lipinski definition) is 4. The van der Waals surface area contributed by atoms with Crippen molar-refractivity contribution < 1.29 is 9.72 Å². The topological polar surface area (TPSA) is 87.5 Å². The Morgan fingerprint density at radius 2 is 1.93 bits per heavy atom. The van der Waals surface area contributed by atoms with Crippen LogP contribution in [0.15, 0.2) is 42.5 Å².